The van der Waals surface area contributed by atoms with Crippen molar-refractivity contribution in [3.63, 3.8) is 0 Å². The van der Waals surface area contributed by atoms with Crippen molar-refractivity contribution >= 4 is 17.3 Å². The fourth-order valence-electron chi connectivity index (χ4n) is 2.64. The van der Waals surface area contributed by atoms with Gasteiger partial charge in [-0.05, 0) is 24.9 Å². The third kappa shape index (κ3) is 2.82. The van der Waals surface area contributed by atoms with Crippen LogP contribution in [0.15, 0.2) is 18.2 Å². The number of nitrogens with one attached hydrogen (secondary N) is 2. The number of nitrogens with zero attached hydrogens (tertiary/aromatic N) is 1. The third-order valence-corrected chi connectivity index (χ3v) is 4.18. The Morgan fingerprint density at radius 2 is 2.24 bits per heavy atom. The summed E-state index contributed by atoms with van der Waals surface area (Å²) in [6.45, 7) is 5.26. The number of phenols is 1. The standard InChI is InChI=1S/C14H19N3O4/c1-9(2)14(5-6-15-8-14)13(19)16-11-7-10(17(20)21)3-4-12(11)18/h3-4,7,9,15,18H,5-6,8H2,1-2H3,(H,16,19). The van der Waals surface area contributed by atoms with Crippen molar-refractivity contribution in [1.29, 1.82) is 0 Å². The molecule has 1 aliphatic heterocycles. The lowest BCUT2D eigenvalue weighted by Gasteiger charge is -2.31. The maximum absolute atomic E-state index is 12.6. The van der Waals surface area contributed by atoms with Crippen molar-refractivity contribution in [1.82, 2.24) is 5.32 Å². The van der Waals surface area contributed by atoms with Crippen LogP contribution in [0.25, 0.3) is 0 Å². The Kier molecular flexibility index (Phi) is 4.13. The molecule has 0 spiro atoms. The van der Waals surface area contributed by atoms with Crippen LogP contribution >= 0.6 is 0 Å². The van der Waals surface area contributed by atoms with Gasteiger partial charge >= 0.3 is 0 Å². The Balaban J connectivity index is 2.26. The molecule has 0 saturated carbocycles. The van der Waals surface area contributed by atoms with E-state index in [1.807, 2.05) is 13.8 Å². The van der Waals surface area contributed by atoms with Gasteiger partial charge in [-0.3, -0.25) is 14.9 Å². The maximum atomic E-state index is 12.6. The van der Waals surface area contributed by atoms with E-state index < -0.39 is 10.3 Å². The topological polar surface area (TPSA) is 104 Å². The molecule has 1 heterocycles. The van der Waals surface area contributed by atoms with Crippen molar-refractivity contribution < 1.29 is 14.8 Å². The molecule has 1 saturated heterocycles. The van der Waals surface area contributed by atoms with Gasteiger partial charge in [0.25, 0.3) is 5.69 Å². The number of phenolic OH excluding ortho intramolecular Hbond substituents is 1. The summed E-state index contributed by atoms with van der Waals surface area (Å²) in [7, 11) is 0. The minimum Gasteiger partial charge on any atom is -0.506 e. The number of non-ortho nitro benzene ring substituents is 1. The summed E-state index contributed by atoms with van der Waals surface area (Å²) in [5.41, 5.74) is -0.663. The van der Waals surface area contributed by atoms with Gasteiger partial charge in [0.05, 0.1) is 16.0 Å². The lowest BCUT2D eigenvalue weighted by Crippen LogP contribution is -2.42. The van der Waals surface area contributed by atoms with Gasteiger partial charge < -0.3 is 15.7 Å². The molecule has 2 rings (SSSR count). The lowest BCUT2D eigenvalue weighted by atomic mass is 9.75. The maximum Gasteiger partial charge on any atom is 0.271 e. The molecule has 1 fully saturated rings. The number of nitro benzene ring substituents is 1. The molecule has 1 atom stereocenters. The van der Waals surface area contributed by atoms with Crippen molar-refractivity contribution in [3.8, 4) is 5.75 Å². The van der Waals surface area contributed by atoms with Crippen LogP contribution in [0.1, 0.15) is 20.3 Å². The van der Waals surface area contributed by atoms with Crippen LogP contribution in [0.5, 0.6) is 5.75 Å². The second-order valence-corrected chi connectivity index (χ2v) is 5.65. The predicted molar refractivity (Wildman–Crippen MR) is 78.1 cm³/mol. The second kappa shape index (κ2) is 5.69. The molecule has 1 aromatic rings. The number of aromatic hydroxyl groups is 1. The Bertz CT molecular complexity index is 565. The number of amides is 1. The van der Waals surface area contributed by atoms with Crippen LogP contribution in [-0.4, -0.2) is 29.0 Å². The molecule has 3 N–H and O–H groups in total. The van der Waals surface area contributed by atoms with E-state index in [-0.39, 0.29) is 28.9 Å². The molecule has 1 aliphatic rings. The number of carbonyl (C=O) groups is 1. The van der Waals surface area contributed by atoms with Gasteiger partial charge in [-0.2, -0.15) is 0 Å². The summed E-state index contributed by atoms with van der Waals surface area (Å²) in [5.74, 6) is -0.287. The molecule has 7 heteroatoms. The van der Waals surface area contributed by atoms with Gasteiger partial charge in [0, 0.05) is 18.7 Å². The molecule has 114 valence electrons. The number of carbonyl (C=O) groups excluding carboxylic acids is 1. The highest BCUT2D eigenvalue weighted by Gasteiger charge is 2.44. The van der Waals surface area contributed by atoms with Crippen molar-refractivity contribution in [2.75, 3.05) is 18.4 Å². The predicted octanol–water partition coefficient (Wildman–Crippen LogP) is 1.87. The zero-order valence-corrected chi connectivity index (χ0v) is 12.0. The average Bonchev–Trinajstić information content (AvgIpc) is 2.91. The Morgan fingerprint density at radius 1 is 1.52 bits per heavy atom. The Morgan fingerprint density at radius 3 is 2.76 bits per heavy atom. The van der Waals surface area contributed by atoms with Crippen LogP contribution in [0, 0.1) is 21.4 Å². The molecule has 0 aromatic heterocycles. The van der Waals surface area contributed by atoms with Gasteiger partial charge in [-0.25, -0.2) is 0 Å². The molecule has 0 bridgehead atoms. The first kappa shape index (κ1) is 15.2. The molecule has 1 aromatic carbocycles. The van der Waals surface area contributed by atoms with Crippen LogP contribution in [0.4, 0.5) is 11.4 Å². The van der Waals surface area contributed by atoms with Crippen LogP contribution < -0.4 is 10.6 Å². The van der Waals surface area contributed by atoms with E-state index in [4.69, 9.17) is 0 Å². The number of rotatable bonds is 4. The number of benzene rings is 1. The first-order chi connectivity index (χ1) is 9.86. The SMILES string of the molecule is CC(C)C1(C(=O)Nc2cc([N+](=O)[O-])ccc2O)CCNC1. The second-order valence-electron chi connectivity index (χ2n) is 5.65. The largest absolute Gasteiger partial charge is 0.506 e. The van der Waals surface area contributed by atoms with Crippen LogP contribution in [0.3, 0.4) is 0 Å². The molecule has 0 radical (unpaired) electrons. The van der Waals surface area contributed by atoms with Gasteiger partial charge in [0.15, 0.2) is 0 Å². The fraction of sp³-hybridized carbons (Fsp3) is 0.500. The van der Waals surface area contributed by atoms with E-state index in [0.29, 0.717) is 13.0 Å². The molecule has 7 nitrogen and oxygen atoms in total. The Hall–Kier alpha value is -2.15. The van der Waals surface area contributed by atoms with E-state index in [2.05, 4.69) is 10.6 Å². The van der Waals surface area contributed by atoms with E-state index >= 15 is 0 Å². The zero-order valence-electron chi connectivity index (χ0n) is 12.0. The summed E-state index contributed by atoms with van der Waals surface area (Å²) in [5, 5.41) is 26.4. The molecular formula is C14H19N3O4. The quantitative estimate of drug-likeness (QED) is 0.446. The molecular weight excluding hydrogens is 274 g/mol. The fourth-order valence-corrected chi connectivity index (χ4v) is 2.64. The van der Waals surface area contributed by atoms with Crippen LogP contribution in [0.2, 0.25) is 0 Å². The van der Waals surface area contributed by atoms with Gasteiger partial charge in [-0.1, -0.05) is 13.8 Å². The normalized spacial score (nSPS) is 21.5. The smallest absolute Gasteiger partial charge is 0.271 e. The summed E-state index contributed by atoms with van der Waals surface area (Å²) in [6.07, 6.45) is 0.701. The highest BCUT2D eigenvalue weighted by molar-refractivity contribution is 5.97. The Labute approximate surface area is 122 Å². The first-order valence-corrected chi connectivity index (χ1v) is 6.86. The van der Waals surface area contributed by atoms with E-state index in [9.17, 15) is 20.0 Å². The highest BCUT2D eigenvalue weighted by Crippen LogP contribution is 2.37. The summed E-state index contributed by atoms with van der Waals surface area (Å²) in [4.78, 5) is 22.8. The number of nitro groups is 1. The van der Waals surface area contributed by atoms with Crippen molar-refractivity contribution in [2.45, 2.75) is 20.3 Å². The van der Waals surface area contributed by atoms with Crippen molar-refractivity contribution in [3.05, 3.63) is 28.3 Å². The van der Waals surface area contributed by atoms with Gasteiger partial charge in [-0.15, -0.1) is 0 Å². The summed E-state index contributed by atoms with van der Waals surface area (Å²) < 4.78 is 0. The van der Waals surface area contributed by atoms with E-state index in [0.717, 1.165) is 6.54 Å². The average molecular weight is 293 g/mol. The summed E-state index contributed by atoms with van der Waals surface area (Å²) >= 11 is 0. The first-order valence-electron chi connectivity index (χ1n) is 6.86. The van der Waals surface area contributed by atoms with Crippen LogP contribution in [-0.2, 0) is 4.79 Å². The monoisotopic (exact) mass is 293 g/mol. The number of hydrogen-bond acceptors (Lipinski definition) is 5. The van der Waals surface area contributed by atoms with E-state index in [1.165, 1.54) is 18.2 Å². The highest BCUT2D eigenvalue weighted by atomic mass is 16.6. The van der Waals surface area contributed by atoms with Gasteiger partial charge in [0.1, 0.15) is 5.75 Å². The lowest BCUT2D eigenvalue weighted by molar-refractivity contribution is -0.384. The third-order valence-electron chi connectivity index (χ3n) is 4.18. The number of hydrogen-bond donors (Lipinski definition) is 3. The summed E-state index contributed by atoms with van der Waals surface area (Å²) in [6, 6.07) is 3.58. The minimum atomic E-state index is -0.565. The van der Waals surface area contributed by atoms with E-state index in [1.54, 1.807) is 0 Å². The number of anilines is 1. The zero-order chi connectivity index (χ0) is 15.6. The molecule has 1 amide bonds. The molecule has 1 unspecified atom stereocenters. The molecule has 0 aliphatic carbocycles. The van der Waals surface area contributed by atoms with Gasteiger partial charge in [0.2, 0.25) is 5.91 Å². The van der Waals surface area contributed by atoms with Crippen molar-refractivity contribution in [2.24, 2.45) is 11.3 Å². The minimum absolute atomic E-state index is 0.0705. The molecule has 21 heavy (non-hydrogen) atoms.